The van der Waals surface area contributed by atoms with Crippen LogP contribution < -0.4 is 4.90 Å². The number of hydrogen-bond acceptors (Lipinski definition) is 4. The van der Waals surface area contributed by atoms with Crippen molar-refractivity contribution in [1.82, 2.24) is 14.9 Å². The monoisotopic (exact) mass is 241 g/mol. The zero-order chi connectivity index (χ0) is 12.2. The van der Waals surface area contributed by atoms with E-state index in [0.717, 1.165) is 5.56 Å². The van der Waals surface area contributed by atoms with E-state index in [1.54, 1.807) is 23.5 Å². The highest BCUT2D eigenvalue weighted by Gasteiger charge is 2.11. The summed E-state index contributed by atoms with van der Waals surface area (Å²) in [6.07, 6.45) is 7.54. The van der Waals surface area contributed by atoms with Gasteiger partial charge < -0.3 is 4.90 Å². The van der Waals surface area contributed by atoms with Gasteiger partial charge in [0.25, 0.3) is 0 Å². The van der Waals surface area contributed by atoms with Gasteiger partial charge in [-0.2, -0.15) is 5.10 Å². The summed E-state index contributed by atoms with van der Waals surface area (Å²) in [4.78, 5) is 2.42. The van der Waals surface area contributed by atoms with E-state index in [1.165, 1.54) is 31.6 Å². The molecule has 0 atom stereocenters. The molecule has 0 radical (unpaired) electrons. The van der Waals surface area contributed by atoms with Crippen molar-refractivity contribution in [2.24, 2.45) is 5.10 Å². The summed E-state index contributed by atoms with van der Waals surface area (Å²) in [5.41, 5.74) is 2.38. The van der Waals surface area contributed by atoms with Crippen molar-refractivity contribution in [3.8, 4) is 0 Å². The normalized spacial score (nSPS) is 15.7. The van der Waals surface area contributed by atoms with Gasteiger partial charge in [0.05, 0.1) is 6.21 Å². The standard InChI is InChI=1S/C13H15N5/c1-2-8-17(7-1)13-5-3-12(4-6-13)9-16-18-10-14-15-11-18/h3-6,9-11H,1-2,7-8H2/b16-9-. The first-order chi connectivity index (χ1) is 8.92. The maximum absolute atomic E-state index is 4.22. The molecule has 3 rings (SSSR count). The highest BCUT2D eigenvalue weighted by molar-refractivity contribution is 5.80. The molecule has 1 fully saturated rings. The van der Waals surface area contributed by atoms with Gasteiger partial charge in [0.15, 0.2) is 0 Å². The minimum absolute atomic E-state index is 1.08. The van der Waals surface area contributed by atoms with Crippen LogP contribution in [0.4, 0.5) is 5.69 Å². The molecule has 2 heterocycles. The van der Waals surface area contributed by atoms with Crippen molar-refractivity contribution in [3.63, 3.8) is 0 Å². The third-order valence-corrected chi connectivity index (χ3v) is 3.11. The van der Waals surface area contributed by atoms with Crippen LogP contribution in [0.1, 0.15) is 18.4 Å². The van der Waals surface area contributed by atoms with Crippen molar-refractivity contribution in [1.29, 1.82) is 0 Å². The molecule has 0 bridgehead atoms. The summed E-state index contributed by atoms with van der Waals surface area (Å²) in [7, 11) is 0. The lowest BCUT2D eigenvalue weighted by Gasteiger charge is -2.17. The largest absolute Gasteiger partial charge is 0.372 e. The van der Waals surface area contributed by atoms with Crippen molar-refractivity contribution < 1.29 is 0 Å². The summed E-state index contributed by atoms with van der Waals surface area (Å²) in [6, 6.07) is 8.47. The molecule has 0 spiro atoms. The van der Waals surface area contributed by atoms with E-state index in [9.17, 15) is 0 Å². The Morgan fingerprint density at radius 1 is 1.00 bits per heavy atom. The molecular formula is C13H15N5. The molecule has 2 aromatic rings. The summed E-state index contributed by atoms with van der Waals surface area (Å²) >= 11 is 0. The van der Waals surface area contributed by atoms with E-state index in [2.05, 4.69) is 44.5 Å². The Morgan fingerprint density at radius 2 is 1.67 bits per heavy atom. The molecule has 0 aliphatic carbocycles. The zero-order valence-corrected chi connectivity index (χ0v) is 10.1. The van der Waals surface area contributed by atoms with Gasteiger partial charge in [-0.05, 0) is 30.5 Å². The predicted molar refractivity (Wildman–Crippen MR) is 70.9 cm³/mol. The molecule has 5 nitrogen and oxygen atoms in total. The first-order valence-electron chi connectivity index (χ1n) is 6.16. The van der Waals surface area contributed by atoms with Crippen molar-refractivity contribution in [3.05, 3.63) is 42.5 Å². The average Bonchev–Trinajstić information content (AvgIpc) is 3.10. The van der Waals surface area contributed by atoms with E-state index in [0.29, 0.717) is 0 Å². The third-order valence-electron chi connectivity index (χ3n) is 3.11. The quantitative estimate of drug-likeness (QED) is 0.769. The van der Waals surface area contributed by atoms with Crippen LogP contribution in [0.25, 0.3) is 0 Å². The highest BCUT2D eigenvalue weighted by Crippen LogP contribution is 2.19. The van der Waals surface area contributed by atoms with Crippen LogP contribution in [0, 0.1) is 0 Å². The molecule has 92 valence electrons. The van der Waals surface area contributed by atoms with Gasteiger partial charge in [-0.15, -0.1) is 10.2 Å². The molecule has 1 aliphatic heterocycles. The predicted octanol–water partition coefficient (Wildman–Crippen LogP) is 1.76. The number of benzene rings is 1. The lowest BCUT2D eigenvalue weighted by molar-refractivity contribution is 0.878. The molecule has 0 unspecified atom stereocenters. The second-order valence-electron chi connectivity index (χ2n) is 4.37. The lowest BCUT2D eigenvalue weighted by Crippen LogP contribution is -2.17. The summed E-state index contributed by atoms with van der Waals surface area (Å²) < 4.78 is 1.58. The Labute approximate surface area is 106 Å². The van der Waals surface area contributed by atoms with E-state index < -0.39 is 0 Å². The van der Waals surface area contributed by atoms with Crippen molar-refractivity contribution in [2.75, 3.05) is 18.0 Å². The van der Waals surface area contributed by atoms with Gasteiger partial charge in [0.1, 0.15) is 12.7 Å². The van der Waals surface area contributed by atoms with Crippen LogP contribution >= 0.6 is 0 Å². The maximum Gasteiger partial charge on any atom is 0.141 e. The first kappa shape index (κ1) is 11.0. The second kappa shape index (κ2) is 5.00. The maximum atomic E-state index is 4.22. The lowest BCUT2D eigenvalue weighted by atomic mass is 10.2. The molecule has 1 saturated heterocycles. The van der Waals surface area contributed by atoms with Crippen molar-refractivity contribution in [2.45, 2.75) is 12.8 Å². The van der Waals surface area contributed by atoms with E-state index in [4.69, 9.17) is 0 Å². The molecule has 1 aromatic heterocycles. The van der Waals surface area contributed by atoms with Gasteiger partial charge >= 0.3 is 0 Å². The van der Waals surface area contributed by atoms with Crippen LogP contribution in [-0.2, 0) is 0 Å². The van der Waals surface area contributed by atoms with Crippen LogP contribution in [0.3, 0.4) is 0 Å². The van der Waals surface area contributed by atoms with Gasteiger partial charge in [0, 0.05) is 18.8 Å². The fraction of sp³-hybridized carbons (Fsp3) is 0.308. The minimum atomic E-state index is 1.08. The smallest absolute Gasteiger partial charge is 0.141 e. The summed E-state index contributed by atoms with van der Waals surface area (Å²) in [5.74, 6) is 0. The Balaban J connectivity index is 1.70. The second-order valence-corrected chi connectivity index (χ2v) is 4.37. The van der Waals surface area contributed by atoms with Gasteiger partial charge in [-0.1, -0.05) is 12.1 Å². The van der Waals surface area contributed by atoms with Crippen LogP contribution in [-0.4, -0.2) is 34.2 Å². The Morgan fingerprint density at radius 3 is 2.33 bits per heavy atom. The Bertz CT molecular complexity index is 509. The molecular weight excluding hydrogens is 226 g/mol. The first-order valence-corrected chi connectivity index (χ1v) is 6.16. The van der Waals surface area contributed by atoms with Crippen LogP contribution in [0.15, 0.2) is 42.0 Å². The van der Waals surface area contributed by atoms with Gasteiger partial charge in [0.2, 0.25) is 0 Å². The number of hydrogen-bond donors (Lipinski definition) is 0. The molecule has 1 aromatic carbocycles. The van der Waals surface area contributed by atoms with E-state index >= 15 is 0 Å². The van der Waals surface area contributed by atoms with E-state index in [1.807, 2.05) is 0 Å². The topological polar surface area (TPSA) is 46.3 Å². The number of nitrogens with zero attached hydrogens (tertiary/aromatic N) is 5. The summed E-state index contributed by atoms with van der Waals surface area (Å²) in [6.45, 7) is 2.35. The SMILES string of the molecule is C(=N/n1cnnc1)/c1ccc(N2CCCC2)cc1. The number of anilines is 1. The Kier molecular flexibility index (Phi) is 3.04. The number of rotatable bonds is 3. The molecule has 0 amide bonds. The van der Waals surface area contributed by atoms with Gasteiger partial charge in [-0.25, -0.2) is 4.68 Å². The molecule has 18 heavy (non-hydrogen) atoms. The Hall–Kier alpha value is -2.17. The molecule has 0 N–H and O–H groups in total. The number of aromatic nitrogens is 3. The van der Waals surface area contributed by atoms with Crippen LogP contribution in [0.2, 0.25) is 0 Å². The fourth-order valence-electron chi connectivity index (χ4n) is 2.13. The van der Waals surface area contributed by atoms with E-state index in [-0.39, 0.29) is 0 Å². The minimum Gasteiger partial charge on any atom is -0.372 e. The summed E-state index contributed by atoms with van der Waals surface area (Å²) in [5, 5.41) is 11.6. The average molecular weight is 241 g/mol. The molecule has 1 aliphatic rings. The van der Waals surface area contributed by atoms with Crippen LogP contribution in [0.5, 0.6) is 0 Å². The van der Waals surface area contributed by atoms with Gasteiger partial charge in [-0.3, -0.25) is 0 Å². The fourth-order valence-corrected chi connectivity index (χ4v) is 2.13. The molecule has 0 saturated carbocycles. The molecule has 5 heteroatoms. The zero-order valence-electron chi connectivity index (χ0n) is 10.1. The highest BCUT2D eigenvalue weighted by atomic mass is 15.4. The van der Waals surface area contributed by atoms with Crippen molar-refractivity contribution >= 4 is 11.9 Å². The third kappa shape index (κ3) is 2.40.